The van der Waals surface area contributed by atoms with Crippen molar-refractivity contribution in [2.45, 2.75) is 19.0 Å². The standard InChI is InChI=1S/C13H14F3N3O/c14-13(15,16)11-2-1-10(7-17)12(19-11)18-8-9-3-5-20-6-4-9/h1-2,9H,3-6,8H2,(H,18,19). The van der Waals surface area contributed by atoms with Crippen LogP contribution in [0.5, 0.6) is 0 Å². The van der Waals surface area contributed by atoms with Crippen molar-refractivity contribution in [3.8, 4) is 6.07 Å². The number of rotatable bonds is 3. The van der Waals surface area contributed by atoms with Gasteiger partial charge in [-0.1, -0.05) is 0 Å². The Hall–Kier alpha value is -1.81. The van der Waals surface area contributed by atoms with E-state index in [4.69, 9.17) is 10.00 Å². The lowest BCUT2D eigenvalue weighted by Gasteiger charge is -2.22. The number of ether oxygens (including phenoxy) is 1. The summed E-state index contributed by atoms with van der Waals surface area (Å²) >= 11 is 0. The molecule has 2 rings (SSSR count). The Morgan fingerprint density at radius 2 is 2.05 bits per heavy atom. The number of nitrogens with zero attached hydrogens (tertiary/aromatic N) is 2. The fourth-order valence-corrected chi connectivity index (χ4v) is 2.03. The fraction of sp³-hybridized carbons (Fsp3) is 0.538. The van der Waals surface area contributed by atoms with Crippen molar-refractivity contribution in [3.05, 3.63) is 23.4 Å². The highest BCUT2D eigenvalue weighted by atomic mass is 19.4. The van der Waals surface area contributed by atoms with Crippen LogP contribution in [0.25, 0.3) is 0 Å². The molecule has 0 aliphatic carbocycles. The van der Waals surface area contributed by atoms with Gasteiger partial charge in [-0.05, 0) is 30.9 Å². The van der Waals surface area contributed by atoms with E-state index >= 15 is 0 Å². The summed E-state index contributed by atoms with van der Waals surface area (Å²) < 4.78 is 43.0. The highest BCUT2D eigenvalue weighted by molar-refractivity contribution is 5.52. The van der Waals surface area contributed by atoms with Crippen molar-refractivity contribution in [2.75, 3.05) is 25.1 Å². The molecule has 7 heteroatoms. The summed E-state index contributed by atoms with van der Waals surface area (Å²) in [5, 5.41) is 11.8. The van der Waals surface area contributed by atoms with E-state index in [1.807, 2.05) is 6.07 Å². The molecule has 1 aliphatic heterocycles. The van der Waals surface area contributed by atoms with Crippen LogP contribution in [-0.2, 0) is 10.9 Å². The maximum atomic E-state index is 12.6. The first-order valence-electron chi connectivity index (χ1n) is 6.30. The Morgan fingerprint density at radius 1 is 1.35 bits per heavy atom. The number of anilines is 1. The van der Waals surface area contributed by atoms with Crippen LogP contribution in [0.2, 0.25) is 0 Å². The van der Waals surface area contributed by atoms with Crippen molar-refractivity contribution >= 4 is 5.82 Å². The molecule has 2 heterocycles. The number of halogens is 3. The van der Waals surface area contributed by atoms with Crippen molar-refractivity contribution in [3.63, 3.8) is 0 Å². The van der Waals surface area contributed by atoms with Crippen molar-refractivity contribution < 1.29 is 17.9 Å². The molecule has 1 N–H and O–H groups in total. The van der Waals surface area contributed by atoms with E-state index in [1.54, 1.807) is 0 Å². The van der Waals surface area contributed by atoms with Gasteiger partial charge in [0.1, 0.15) is 17.6 Å². The minimum atomic E-state index is -4.51. The van der Waals surface area contributed by atoms with E-state index in [1.165, 1.54) is 0 Å². The average molecular weight is 285 g/mol. The maximum absolute atomic E-state index is 12.6. The second-order valence-corrected chi connectivity index (χ2v) is 4.64. The van der Waals surface area contributed by atoms with Crippen molar-refractivity contribution in [1.29, 1.82) is 5.26 Å². The summed E-state index contributed by atoms with van der Waals surface area (Å²) in [5.41, 5.74) is -0.879. The number of hydrogen-bond donors (Lipinski definition) is 1. The second-order valence-electron chi connectivity index (χ2n) is 4.64. The minimum absolute atomic E-state index is 0.00573. The third kappa shape index (κ3) is 3.61. The predicted molar refractivity (Wildman–Crippen MR) is 66.0 cm³/mol. The van der Waals surface area contributed by atoms with Crippen LogP contribution in [0.4, 0.5) is 19.0 Å². The van der Waals surface area contributed by atoms with Crippen LogP contribution in [0.15, 0.2) is 12.1 Å². The molecule has 0 unspecified atom stereocenters. The SMILES string of the molecule is N#Cc1ccc(C(F)(F)F)nc1NCC1CCOCC1. The van der Waals surface area contributed by atoms with E-state index in [2.05, 4.69) is 10.3 Å². The molecule has 0 bridgehead atoms. The zero-order valence-corrected chi connectivity index (χ0v) is 10.7. The van der Waals surface area contributed by atoms with Crippen LogP contribution < -0.4 is 5.32 Å². The normalized spacial score (nSPS) is 16.7. The Labute approximate surface area is 114 Å². The van der Waals surface area contributed by atoms with Crippen LogP contribution in [0.1, 0.15) is 24.1 Å². The molecule has 1 saturated heterocycles. The first kappa shape index (κ1) is 14.6. The first-order valence-corrected chi connectivity index (χ1v) is 6.30. The summed E-state index contributed by atoms with van der Waals surface area (Å²) in [7, 11) is 0. The summed E-state index contributed by atoms with van der Waals surface area (Å²) in [6.45, 7) is 1.81. The number of nitrogens with one attached hydrogen (secondary N) is 1. The van der Waals surface area contributed by atoms with Crippen LogP contribution in [-0.4, -0.2) is 24.7 Å². The lowest BCUT2D eigenvalue weighted by atomic mass is 10.0. The van der Waals surface area contributed by atoms with Gasteiger partial charge in [0.05, 0.1) is 5.56 Å². The van der Waals surface area contributed by atoms with Gasteiger partial charge in [0, 0.05) is 19.8 Å². The molecule has 1 aliphatic rings. The molecule has 0 aromatic carbocycles. The van der Waals surface area contributed by atoms with Gasteiger partial charge in [-0.2, -0.15) is 18.4 Å². The molecule has 20 heavy (non-hydrogen) atoms. The lowest BCUT2D eigenvalue weighted by Crippen LogP contribution is -2.23. The number of alkyl halides is 3. The molecule has 0 atom stereocenters. The molecule has 0 amide bonds. The molecule has 1 aromatic heterocycles. The highest BCUT2D eigenvalue weighted by Gasteiger charge is 2.33. The zero-order chi connectivity index (χ0) is 14.6. The highest BCUT2D eigenvalue weighted by Crippen LogP contribution is 2.29. The fourth-order valence-electron chi connectivity index (χ4n) is 2.03. The van der Waals surface area contributed by atoms with Crippen LogP contribution in [0, 0.1) is 17.2 Å². The Morgan fingerprint density at radius 3 is 2.65 bits per heavy atom. The topological polar surface area (TPSA) is 57.9 Å². The van der Waals surface area contributed by atoms with E-state index < -0.39 is 11.9 Å². The van der Waals surface area contributed by atoms with E-state index in [-0.39, 0.29) is 11.4 Å². The van der Waals surface area contributed by atoms with Gasteiger partial charge < -0.3 is 10.1 Å². The van der Waals surface area contributed by atoms with Gasteiger partial charge in [-0.3, -0.25) is 0 Å². The summed E-state index contributed by atoms with van der Waals surface area (Å²) in [4.78, 5) is 3.51. The largest absolute Gasteiger partial charge is 0.433 e. The van der Waals surface area contributed by atoms with E-state index in [0.717, 1.165) is 25.0 Å². The van der Waals surface area contributed by atoms with Crippen molar-refractivity contribution in [1.82, 2.24) is 4.98 Å². The molecule has 108 valence electrons. The van der Waals surface area contributed by atoms with Gasteiger partial charge in [-0.15, -0.1) is 0 Å². The summed E-state index contributed by atoms with van der Waals surface area (Å²) in [5.74, 6) is 0.320. The van der Waals surface area contributed by atoms with Gasteiger partial charge in [0.25, 0.3) is 0 Å². The van der Waals surface area contributed by atoms with Gasteiger partial charge >= 0.3 is 6.18 Å². The third-order valence-electron chi connectivity index (χ3n) is 3.21. The number of nitriles is 1. The molecule has 0 spiro atoms. The Balaban J connectivity index is 2.10. The molecular weight excluding hydrogens is 271 g/mol. The van der Waals surface area contributed by atoms with E-state index in [9.17, 15) is 13.2 Å². The van der Waals surface area contributed by atoms with Gasteiger partial charge in [0.15, 0.2) is 0 Å². The number of hydrogen-bond acceptors (Lipinski definition) is 4. The monoisotopic (exact) mass is 285 g/mol. The minimum Gasteiger partial charge on any atom is -0.381 e. The quantitative estimate of drug-likeness (QED) is 0.927. The summed E-state index contributed by atoms with van der Waals surface area (Å²) in [6.07, 6.45) is -2.80. The number of pyridine rings is 1. The molecule has 1 aromatic rings. The predicted octanol–water partition coefficient (Wildman–Crippen LogP) is 2.81. The van der Waals surface area contributed by atoms with Crippen molar-refractivity contribution in [2.24, 2.45) is 5.92 Å². The zero-order valence-electron chi connectivity index (χ0n) is 10.7. The Bertz CT molecular complexity index is 505. The molecule has 0 saturated carbocycles. The lowest BCUT2D eigenvalue weighted by molar-refractivity contribution is -0.141. The van der Waals surface area contributed by atoms with E-state index in [0.29, 0.717) is 25.7 Å². The van der Waals surface area contributed by atoms with Crippen LogP contribution >= 0.6 is 0 Å². The van der Waals surface area contributed by atoms with Gasteiger partial charge in [0.2, 0.25) is 0 Å². The molecule has 0 radical (unpaired) electrons. The number of aromatic nitrogens is 1. The van der Waals surface area contributed by atoms with Crippen LogP contribution in [0.3, 0.4) is 0 Å². The first-order chi connectivity index (χ1) is 9.50. The summed E-state index contributed by atoms with van der Waals surface area (Å²) in [6, 6.07) is 3.80. The second kappa shape index (κ2) is 6.09. The Kier molecular flexibility index (Phi) is 4.45. The smallest absolute Gasteiger partial charge is 0.381 e. The maximum Gasteiger partial charge on any atom is 0.433 e. The van der Waals surface area contributed by atoms with Gasteiger partial charge in [-0.25, -0.2) is 4.98 Å². The average Bonchev–Trinajstić information content (AvgIpc) is 2.45. The third-order valence-corrected chi connectivity index (χ3v) is 3.21. The molecule has 1 fully saturated rings. The molecule has 4 nitrogen and oxygen atoms in total. The molecular formula is C13H14F3N3O.